The first-order chi connectivity index (χ1) is 9.60. The molecule has 0 saturated carbocycles. The summed E-state index contributed by atoms with van der Waals surface area (Å²) in [5.41, 5.74) is 1.48. The Kier molecular flexibility index (Phi) is 4.57. The second-order valence-electron chi connectivity index (χ2n) is 4.15. The minimum absolute atomic E-state index is 0.0675. The third-order valence-corrected chi connectivity index (χ3v) is 3.33. The highest BCUT2D eigenvalue weighted by Gasteiger charge is 2.15. The standard InChI is InChI=1S/C14H12BrNO4/c15-8-10-4-5-14(13(7-10)16(18)19)20-9-11-2-1-3-12(17)6-11/h1-7,17H,8-9H2. The Hall–Kier alpha value is -2.08. The summed E-state index contributed by atoms with van der Waals surface area (Å²) >= 11 is 3.26. The maximum absolute atomic E-state index is 11.0. The zero-order valence-corrected chi connectivity index (χ0v) is 12.0. The van der Waals surface area contributed by atoms with Crippen LogP contribution in [0.1, 0.15) is 11.1 Å². The van der Waals surface area contributed by atoms with E-state index in [0.717, 1.165) is 11.1 Å². The Morgan fingerprint density at radius 1 is 1.20 bits per heavy atom. The summed E-state index contributed by atoms with van der Waals surface area (Å²) in [6.07, 6.45) is 0. The van der Waals surface area contributed by atoms with Gasteiger partial charge in [0.2, 0.25) is 0 Å². The molecule has 0 bridgehead atoms. The first-order valence-electron chi connectivity index (χ1n) is 5.84. The minimum atomic E-state index is -0.468. The largest absolute Gasteiger partial charge is 0.508 e. The molecule has 0 atom stereocenters. The third-order valence-electron chi connectivity index (χ3n) is 2.68. The normalized spacial score (nSPS) is 10.2. The molecule has 0 aromatic heterocycles. The highest BCUT2D eigenvalue weighted by molar-refractivity contribution is 9.08. The van der Waals surface area contributed by atoms with E-state index in [0.29, 0.717) is 5.33 Å². The predicted octanol–water partition coefficient (Wildman–Crippen LogP) is 3.77. The summed E-state index contributed by atoms with van der Waals surface area (Å²) in [7, 11) is 0. The van der Waals surface area contributed by atoms with E-state index in [1.54, 1.807) is 36.4 Å². The molecule has 1 N–H and O–H groups in total. The van der Waals surface area contributed by atoms with Gasteiger partial charge in [-0.2, -0.15) is 0 Å². The van der Waals surface area contributed by atoms with Crippen LogP contribution in [0.4, 0.5) is 5.69 Å². The van der Waals surface area contributed by atoms with Crippen LogP contribution >= 0.6 is 15.9 Å². The first kappa shape index (κ1) is 14.3. The van der Waals surface area contributed by atoms with Gasteiger partial charge in [-0.25, -0.2) is 0 Å². The molecular formula is C14H12BrNO4. The van der Waals surface area contributed by atoms with Gasteiger partial charge in [-0.15, -0.1) is 0 Å². The molecule has 0 fully saturated rings. The third kappa shape index (κ3) is 3.48. The molecule has 0 heterocycles. The molecule has 2 rings (SSSR count). The smallest absolute Gasteiger partial charge is 0.311 e. The molecule has 2 aromatic rings. The number of benzene rings is 2. The molecule has 0 radical (unpaired) electrons. The molecule has 20 heavy (non-hydrogen) atoms. The lowest BCUT2D eigenvalue weighted by Gasteiger charge is -2.08. The summed E-state index contributed by atoms with van der Waals surface area (Å²) in [6.45, 7) is 0.156. The van der Waals surface area contributed by atoms with E-state index in [-0.39, 0.29) is 23.8 Å². The minimum Gasteiger partial charge on any atom is -0.508 e. The van der Waals surface area contributed by atoms with E-state index in [1.807, 2.05) is 0 Å². The van der Waals surface area contributed by atoms with Crippen molar-refractivity contribution in [2.24, 2.45) is 0 Å². The number of nitro benzene ring substituents is 1. The molecule has 0 aliphatic heterocycles. The molecule has 0 amide bonds. The van der Waals surface area contributed by atoms with Gasteiger partial charge in [-0.3, -0.25) is 10.1 Å². The number of phenols is 1. The van der Waals surface area contributed by atoms with Crippen molar-refractivity contribution in [3.8, 4) is 11.5 Å². The molecule has 0 spiro atoms. The molecule has 104 valence electrons. The van der Waals surface area contributed by atoms with E-state index in [1.165, 1.54) is 6.07 Å². The number of nitro groups is 1. The van der Waals surface area contributed by atoms with Crippen LogP contribution in [0, 0.1) is 10.1 Å². The highest BCUT2D eigenvalue weighted by atomic mass is 79.9. The van der Waals surface area contributed by atoms with Crippen molar-refractivity contribution in [3.63, 3.8) is 0 Å². The van der Waals surface area contributed by atoms with Crippen molar-refractivity contribution in [3.05, 3.63) is 63.7 Å². The average Bonchev–Trinajstić information content (AvgIpc) is 2.45. The summed E-state index contributed by atoms with van der Waals surface area (Å²) < 4.78 is 5.47. The number of halogens is 1. The van der Waals surface area contributed by atoms with Gasteiger partial charge < -0.3 is 9.84 Å². The van der Waals surface area contributed by atoms with E-state index in [4.69, 9.17) is 4.74 Å². The highest BCUT2D eigenvalue weighted by Crippen LogP contribution is 2.29. The lowest BCUT2D eigenvalue weighted by molar-refractivity contribution is -0.386. The van der Waals surface area contributed by atoms with Crippen molar-refractivity contribution in [2.75, 3.05) is 0 Å². The Morgan fingerprint density at radius 3 is 2.65 bits per heavy atom. The zero-order chi connectivity index (χ0) is 14.5. The second-order valence-corrected chi connectivity index (χ2v) is 4.71. The fourth-order valence-corrected chi connectivity index (χ4v) is 2.07. The van der Waals surface area contributed by atoms with Crippen LogP contribution in [0.25, 0.3) is 0 Å². The number of rotatable bonds is 5. The summed E-state index contributed by atoms with van der Waals surface area (Å²) in [5, 5.41) is 20.9. The molecule has 5 nitrogen and oxygen atoms in total. The summed E-state index contributed by atoms with van der Waals surface area (Å²) in [5.74, 6) is 0.346. The number of ether oxygens (including phenoxy) is 1. The van der Waals surface area contributed by atoms with Crippen LogP contribution in [-0.4, -0.2) is 10.0 Å². The van der Waals surface area contributed by atoms with Gasteiger partial charge in [0.1, 0.15) is 12.4 Å². The fraction of sp³-hybridized carbons (Fsp3) is 0.143. The summed E-state index contributed by atoms with van der Waals surface area (Å²) in [6, 6.07) is 11.4. The van der Waals surface area contributed by atoms with Gasteiger partial charge in [0.25, 0.3) is 0 Å². The van der Waals surface area contributed by atoms with Crippen molar-refractivity contribution in [1.29, 1.82) is 0 Å². The molecule has 0 saturated heterocycles. The van der Waals surface area contributed by atoms with E-state index in [9.17, 15) is 15.2 Å². The van der Waals surface area contributed by atoms with Crippen molar-refractivity contribution in [1.82, 2.24) is 0 Å². The topological polar surface area (TPSA) is 72.6 Å². The second kappa shape index (κ2) is 6.38. The van der Waals surface area contributed by atoms with Crippen LogP contribution in [0.15, 0.2) is 42.5 Å². The van der Waals surface area contributed by atoms with Crippen LogP contribution in [-0.2, 0) is 11.9 Å². The number of aromatic hydroxyl groups is 1. The SMILES string of the molecule is O=[N+]([O-])c1cc(CBr)ccc1OCc1cccc(O)c1. The van der Waals surface area contributed by atoms with E-state index in [2.05, 4.69) is 15.9 Å². The van der Waals surface area contributed by atoms with Crippen molar-refractivity contribution >= 4 is 21.6 Å². The Morgan fingerprint density at radius 2 is 2.00 bits per heavy atom. The maximum Gasteiger partial charge on any atom is 0.311 e. The lowest BCUT2D eigenvalue weighted by atomic mass is 10.2. The van der Waals surface area contributed by atoms with Gasteiger partial charge in [-0.05, 0) is 29.3 Å². The molecular weight excluding hydrogens is 326 g/mol. The van der Waals surface area contributed by atoms with E-state index >= 15 is 0 Å². The molecule has 6 heteroatoms. The van der Waals surface area contributed by atoms with Gasteiger partial charge in [-0.1, -0.05) is 34.1 Å². The quantitative estimate of drug-likeness (QED) is 0.512. The van der Waals surface area contributed by atoms with Gasteiger partial charge in [0.05, 0.1) is 4.92 Å². The predicted molar refractivity (Wildman–Crippen MR) is 78.2 cm³/mol. The van der Waals surface area contributed by atoms with E-state index < -0.39 is 4.92 Å². The van der Waals surface area contributed by atoms with Crippen molar-refractivity contribution in [2.45, 2.75) is 11.9 Å². The molecule has 0 aliphatic rings. The molecule has 0 aliphatic carbocycles. The van der Waals surface area contributed by atoms with Crippen molar-refractivity contribution < 1.29 is 14.8 Å². The van der Waals surface area contributed by atoms with Gasteiger partial charge in [0, 0.05) is 11.4 Å². The Balaban J connectivity index is 2.18. The summed E-state index contributed by atoms with van der Waals surface area (Å²) in [4.78, 5) is 10.6. The van der Waals surface area contributed by atoms with Crippen LogP contribution in [0.3, 0.4) is 0 Å². The van der Waals surface area contributed by atoms with Gasteiger partial charge >= 0.3 is 5.69 Å². The average molecular weight is 338 g/mol. The number of alkyl halides is 1. The monoisotopic (exact) mass is 337 g/mol. The van der Waals surface area contributed by atoms with Crippen LogP contribution in [0.5, 0.6) is 11.5 Å². The maximum atomic E-state index is 11.0. The zero-order valence-electron chi connectivity index (χ0n) is 10.5. The lowest BCUT2D eigenvalue weighted by Crippen LogP contribution is -1.99. The Bertz CT molecular complexity index is 630. The fourth-order valence-electron chi connectivity index (χ4n) is 1.72. The number of nitrogens with zero attached hydrogens (tertiary/aromatic N) is 1. The first-order valence-corrected chi connectivity index (χ1v) is 6.96. The number of phenolic OH excluding ortho intramolecular Hbond substituents is 1. The van der Waals surface area contributed by atoms with Crippen LogP contribution < -0.4 is 4.74 Å². The van der Waals surface area contributed by atoms with Gasteiger partial charge in [0.15, 0.2) is 5.75 Å². The number of hydrogen-bond acceptors (Lipinski definition) is 4. The number of hydrogen-bond donors (Lipinski definition) is 1. The molecule has 2 aromatic carbocycles. The Labute approximate surface area is 124 Å². The molecule has 0 unspecified atom stereocenters. The van der Waals surface area contributed by atoms with Crippen LogP contribution in [0.2, 0.25) is 0 Å².